The summed E-state index contributed by atoms with van der Waals surface area (Å²) in [5, 5.41) is 8.58. The van der Waals surface area contributed by atoms with Crippen molar-refractivity contribution in [3.63, 3.8) is 0 Å². The molecule has 0 saturated carbocycles. The highest BCUT2D eigenvalue weighted by Crippen LogP contribution is 2.39. The van der Waals surface area contributed by atoms with Crippen LogP contribution in [-0.2, 0) is 28.6 Å². The summed E-state index contributed by atoms with van der Waals surface area (Å²) < 4.78 is 14.8. The monoisotopic (exact) mass is 519 g/mol. The highest BCUT2D eigenvalue weighted by atomic mass is 16.5. The van der Waals surface area contributed by atoms with E-state index in [1.807, 2.05) is 0 Å². The van der Waals surface area contributed by atoms with Crippen molar-refractivity contribution in [3.8, 4) is 0 Å². The Morgan fingerprint density at radius 2 is 1.42 bits per heavy atom. The van der Waals surface area contributed by atoms with Gasteiger partial charge in [-0.25, -0.2) is 14.4 Å². The van der Waals surface area contributed by atoms with Crippen molar-refractivity contribution in [1.29, 1.82) is 0 Å². The molecule has 2 aromatic carbocycles. The Kier molecular flexibility index (Phi) is 9.04. The molecule has 0 saturated heterocycles. The van der Waals surface area contributed by atoms with Gasteiger partial charge in [0.25, 0.3) is 5.91 Å². The van der Waals surface area contributed by atoms with E-state index in [1.54, 1.807) is 68.4 Å². The lowest BCUT2D eigenvalue weighted by Gasteiger charge is -2.30. The SMILES string of the molecule is COC(=O)C1=C(C)NC(C)=C(C(=O)OC)C1c1cccc(N/C=C(/NC(=O)c2ccccc2)C(=O)OC)c1. The molecule has 1 aliphatic heterocycles. The van der Waals surface area contributed by atoms with Gasteiger partial charge in [-0.1, -0.05) is 30.3 Å². The van der Waals surface area contributed by atoms with Crippen molar-refractivity contribution >= 4 is 29.5 Å². The average Bonchev–Trinajstić information content (AvgIpc) is 2.94. The van der Waals surface area contributed by atoms with Crippen molar-refractivity contribution in [2.45, 2.75) is 19.8 Å². The third-order valence-electron chi connectivity index (χ3n) is 5.86. The first kappa shape index (κ1) is 27.7. The van der Waals surface area contributed by atoms with E-state index in [0.29, 0.717) is 28.2 Å². The Balaban J connectivity index is 1.98. The van der Waals surface area contributed by atoms with Gasteiger partial charge in [0.2, 0.25) is 0 Å². The summed E-state index contributed by atoms with van der Waals surface area (Å²) in [6, 6.07) is 15.3. The number of allylic oxidation sites excluding steroid dienone is 2. The second kappa shape index (κ2) is 12.4. The number of esters is 3. The van der Waals surface area contributed by atoms with Crippen LogP contribution in [0.5, 0.6) is 0 Å². The van der Waals surface area contributed by atoms with E-state index >= 15 is 0 Å². The van der Waals surface area contributed by atoms with Gasteiger partial charge in [0.05, 0.1) is 38.4 Å². The number of benzene rings is 2. The molecule has 1 amide bonds. The Morgan fingerprint density at radius 3 is 1.97 bits per heavy atom. The number of nitrogens with one attached hydrogen (secondary N) is 3. The van der Waals surface area contributed by atoms with Gasteiger partial charge in [-0.2, -0.15) is 0 Å². The fourth-order valence-corrected chi connectivity index (χ4v) is 4.09. The van der Waals surface area contributed by atoms with Gasteiger partial charge in [-0.05, 0) is 43.7 Å². The molecule has 1 heterocycles. The maximum atomic E-state index is 12.7. The lowest BCUT2D eigenvalue weighted by atomic mass is 9.80. The zero-order valence-electron chi connectivity index (χ0n) is 21.7. The number of carbonyl (C=O) groups is 4. The summed E-state index contributed by atoms with van der Waals surface area (Å²) in [5.41, 5.74) is 2.96. The third kappa shape index (κ3) is 6.09. The molecular formula is C28H29N3O7. The van der Waals surface area contributed by atoms with E-state index < -0.39 is 29.7 Å². The normalized spacial score (nSPS) is 13.9. The second-order valence-electron chi connectivity index (χ2n) is 8.26. The molecular weight excluding hydrogens is 490 g/mol. The Hall–Kier alpha value is -4.86. The van der Waals surface area contributed by atoms with Crippen molar-refractivity contribution in [2.24, 2.45) is 0 Å². The van der Waals surface area contributed by atoms with Gasteiger partial charge in [-0.3, -0.25) is 4.79 Å². The predicted octanol–water partition coefficient (Wildman–Crippen LogP) is 3.12. The van der Waals surface area contributed by atoms with Gasteiger partial charge in [0.1, 0.15) is 5.70 Å². The number of anilines is 1. The minimum absolute atomic E-state index is 0.120. The number of ether oxygens (including phenoxy) is 3. The Bertz CT molecular complexity index is 1310. The predicted molar refractivity (Wildman–Crippen MR) is 139 cm³/mol. The number of hydrogen-bond donors (Lipinski definition) is 3. The van der Waals surface area contributed by atoms with Crippen molar-refractivity contribution in [3.05, 3.63) is 100 Å². The smallest absolute Gasteiger partial charge is 0.356 e. The molecule has 0 fully saturated rings. The highest BCUT2D eigenvalue weighted by Gasteiger charge is 2.37. The molecule has 0 aromatic heterocycles. The van der Waals surface area contributed by atoms with E-state index in [9.17, 15) is 19.2 Å². The van der Waals surface area contributed by atoms with Crippen molar-refractivity contribution in [1.82, 2.24) is 10.6 Å². The molecule has 0 unspecified atom stereocenters. The van der Waals surface area contributed by atoms with E-state index in [4.69, 9.17) is 14.2 Å². The number of hydrogen-bond acceptors (Lipinski definition) is 9. The van der Waals surface area contributed by atoms with E-state index in [0.717, 1.165) is 0 Å². The summed E-state index contributed by atoms with van der Waals surface area (Å²) in [4.78, 5) is 50.4. The number of amides is 1. The van der Waals surface area contributed by atoms with Crippen LogP contribution in [0.3, 0.4) is 0 Å². The first-order valence-electron chi connectivity index (χ1n) is 11.6. The van der Waals surface area contributed by atoms with Crippen LogP contribution in [0.25, 0.3) is 0 Å². The molecule has 1 aliphatic rings. The zero-order valence-corrected chi connectivity index (χ0v) is 21.7. The number of carbonyl (C=O) groups excluding carboxylic acids is 4. The quantitative estimate of drug-likeness (QED) is 0.273. The maximum Gasteiger partial charge on any atom is 0.356 e. The van der Waals surface area contributed by atoms with Gasteiger partial charge in [0, 0.05) is 28.8 Å². The number of methoxy groups -OCH3 is 3. The standard InChI is InChI=1S/C28H29N3O7/c1-16-22(27(34)37-4)24(23(17(2)30-16)28(35)38-5)19-12-9-13-20(14-19)29-15-21(26(33)36-3)31-25(32)18-10-7-6-8-11-18/h6-15,24,29-30H,1-5H3,(H,31,32)/b21-15+. The van der Waals surface area contributed by atoms with Crippen molar-refractivity contribution < 1.29 is 33.4 Å². The molecule has 0 spiro atoms. The molecule has 0 radical (unpaired) electrons. The van der Waals surface area contributed by atoms with Crippen LogP contribution >= 0.6 is 0 Å². The maximum absolute atomic E-state index is 12.7. The zero-order chi connectivity index (χ0) is 27.8. The lowest BCUT2D eigenvalue weighted by molar-refractivity contribution is -0.138. The second-order valence-corrected chi connectivity index (χ2v) is 8.26. The third-order valence-corrected chi connectivity index (χ3v) is 5.86. The lowest BCUT2D eigenvalue weighted by Crippen LogP contribution is -2.32. The topological polar surface area (TPSA) is 132 Å². The van der Waals surface area contributed by atoms with Crippen LogP contribution in [0.2, 0.25) is 0 Å². The van der Waals surface area contributed by atoms with Crippen LogP contribution in [-0.4, -0.2) is 45.1 Å². The Labute approximate surface area is 220 Å². The van der Waals surface area contributed by atoms with E-state index in [-0.39, 0.29) is 16.8 Å². The van der Waals surface area contributed by atoms with E-state index in [1.165, 1.54) is 27.5 Å². The first-order valence-corrected chi connectivity index (χ1v) is 11.6. The highest BCUT2D eigenvalue weighted by molar-refractivity contribution is 6.01. The molecule has 198 valence electrons. The van der Waals surface area contributed by atoms with Gasteiger partial charge in [0.15, 0.2) is 0 Å². The largest absolute Gasteiger partial charge is 0.466 e. The first-order chi connectivity index (χ1) is 18.2. The van der Waals surface area contributed by atoms with Crippen LogP contribution in [0.1, 0.15) is 35.7 Å². The van der Waals surface area contributed by atoms with Crippen LogP contribution in [0.15, 0.2) is 89.0 Å². The van der Waals surface area contributed by atoms with Gasteiger partial charge in [-0.15, -0.1) is 0 Å². The van der Waals surface area contributed by atoms with Crippen LogP contribution in [0.4, 0.5) is 5.69 Å². The molecule has 2 aromatic rings. The summed E-state index contributed by atoms with van der Waals surface area (Å²) in [7, 11) is 3.74. The Morgan fingerprint density at radius 1 is 0.816 bits per heavy atom. The fourth-order valence-electron chi connectivity index (χ4n) is 4.09. The minimum Gasteiger partial charge on any atom is -0.466 e. The summed E-state index contributed by atoms with van der Waals surface area (Å²) in [5.74, 6) is -3.21. The molecule has 10 nitrogen and oxygen atoms in total. The summed E-state index contributed by atoms with van der Waals surface area (Å²) >= 11 is 0. The molecule has 3 N–H and O–H groups in total. The summed E-state index contributed by atoms with van der Waals surface area (Å²) in [6.45, 7) is 3.44. The molecule has 0 bridgehead atoms. The average molecular weight is 520 g/mol. The minimum atomic E-state index is -0.778. The van der Waals surface area contributed by atoms with Crippen molar-refractivity contribution in [2.75, 3.05) is 26.6 Å². The van der Waals surface area contributed by atoms with Crippen LogP contribution in [0, 0.1) is 0 Å². The molecule has 0 atom stereocenters. The molecule has 0 aliphatic carbocycles. The molecule has 10 heteroatoms. The molecule has 38 heavy (non-hydrogen) atoms. The van der Waals surface area contributed by atoms with Gasteiger partial charge >= 0.3 is 17.9 Å². The number of rotatable bonds is 8. The van der Waals surface area contributed by atoms with Crippen LogP contribution < -0.4 is 16.0 Å². The molecule has 3 rings (SSSR count). The number of dihydropyridines is 1. The van der Waals surface area contributed by atoms with E-state index in [2.05, 4.69) is 16.0 Å². The summed E-state index contributed by atoms with van der Waals surface area (Å²) in [6.07, 6.45) is 1.30. The fraction of sp³-hybridized carbons (Fsp3) is 0.214. The van der Waals surface area contributed by atoms with Gasteiger partial charge < -0.3 is 30.2 Å².